The Bertz CT molecular complexity index is 1060. The SMILES string of the molecule is COc1ccc(Nc2ccc(N(c3ccccc3)c3ccc(OC)cc3)cc2)cc1. The third-order valence-corrected chi connectivity index (χ3v) is 4.85. The highest BCUT2D eigenvalue weighted by Crippen LogP contribution is 2.35. The maximum Gasteiger partial charge on any atom is 0.119 e. The van der Waals surface area contributed by atoms with E-state index in [-0.39, 0.29) is 0 Å². The summed E-state index contributed by atoms with van der Waals surface area (Å²) in [5, 5.41) is 3.43. The summed E-state index contributed by atoms with van der Waals surface area (Å²) in [7, 11) is 3.35. The third kappa shape index (κ3) is 4.39. The van der Waals surface area contributed by atoms with Crippen LogP contribution in [-0.2, 0) is 0 Å². The second kappa shape index (κ2) is 9.05. The number of anilines is 5. The van der Waals surface area contributed by atoms with Crippen LogP contribution in [0, 0.1) is 0 Å². The van der Waals surface area contributed by atoms with Crippen LogP contribution in [0.15, 0.2) is 103 Å². The molecule has 0 heterocycles. The first-order chi connectivity index (χ1) is 14.8. The molecule has 30 heavy (non-hydrogen) atoms. The van der Waals surface area contributed by atoms with Crippen molar-refractivity contribution in [2.24, 2.45) is 0 Å². The van der Waals surface area contributed by atoms with Gasteiger partial charge in [0, 0.05) is 28.4 Å². The Morgan fingerprint density at radius 2 is 0.900 bits per heavy atom. The number of rotatable bonds is 7. The highest BCUT2D eigenvalue weighted by Gasteiger charge is 2.12. The summed E-state index contributed by atoms with van der Waals surface area (Å²) in [5.74, 6) is 1.68. The van der Waals surface area contributed by atoms with E-state index in [2.05, 4.69) is 58.7 Å². The second-order valence-corrected chi connectivity index (χ2v) is 6.77. The summed E-state index contributed by atoms with van der Waals surface area (Å²) in [4.78, 5) is 2.22. The molecule has 4 aromatic rings. The van der Waals surface area contributed by atoms with Crippen molar-refractivity contribution in [1.29, 1.82) is 0 Å². The van der Waals surface area contributed by atoms with Gasteiger partial charge in [0.25, 0.3) is 0 Å². The minimum atomic E-state index is 0.839. The lowest BCUT2D eigenvalue weighted by atomic mass is 10.1. The molecule has 0 spiro atoms. The number of para-hydroxylation sites is 1. The van der Waals surface area contributed by atoms with Crippen molar-refractivity contribution in [3.05, 3.63) is 103 Å². The molecule has 0 saturated carbocycles. The number of nitrogens with zero attached hydrogens (tertiary/aromatic N) is 1. The molecular weight excluding hydrogens is 372 g/mol. The number of nitrogens with one attached hydrogen (secondary N) is 1. The van der Waals surface area contributed by atoms with Crippen molar-refractivity contribution in [2.45, 2.75) is 0 Å². The first-order valence-corrected chi connectivity index (χ1v) is 9.77. The van der Waals surface area contributed by atoms with Crippen LogP contribution in [0.4, 0.5) is 28.4 Å². The molecule has 0 aliphatic carbocycles. The maximum absolute atomic E-state index is 5.31. The number of methoxy groups -OCH3 is 2. The van der Waals surface area contributed by atoms with Gasteiger partial charge in [-0.1, -0.05) is 18.2 Å². The lowest BCUT2D eigenvalue weighted by Gasteiger charge is -2.25. The monoisotopic (exact) mass is 396 g/mol. The predicted molar refractivity (Wildman–Crippen MR) is 124 cm³/mol. The van der Waals surface area contributed by atoms with Crippen LogP contribution in [-0.4, -0.2) is 14.2 Å². The molecule has 0 fully saturated rings. The molecule has 0 bridgehead atoms. The van der Waals surface area contributed by atoms with E-state index in [4.69, 9.17) is 9.47 Å². The number of ether oxygens (including phenoxy) is 2. The summed E-state index contributed by atoms with van der Waals surface area (Å²) in [6.07, 6.45) is 0. The molecule has 4 rings (SSSR count). The zero-order chi connectivity index (χ0) is 20.8. The zero-order valence-corrected chi connectivity index (χ0v) is 17.1. The highest BCUT2D eigenvalue weighted by molar-refractivity contribution is 5.78. The minimum Gasteiger partial charge on any atom is -0.497 e. The van der Waals surface area contributed by atoms with Gasteiger partial charge in [0.2, 0.25) is 0 Å². The van der Waals surface area contributed by atoms with E-state index in [1.165, 1.54) is 0 Å². The van der Waals surface area contributed by atoms with Gasteiger partial charge in [0.1, 0.15) is 11.5 Å². The molecular formula is C26H24N2O2. The molecule has 0 amide bonds. The number of hydrogen-bond acceptors (Lipinski definition) is 4. The van der Waals surface area contributed by atoms with Crippen LogP contribution in [0.5, 0.6) is 11.5 Å². The average molecular weight is 396 g/mol. The van der Waals surface area contributed by atoms with Crippen LogP contribution in [0.2, 0.25) is 0 Å². The van der Waals surface area contributed by atoms with Gasteiger partial charge in [-0.05, 0) is 84.9 Å². The smallest absolute Gasteiger partial charge is 0.119 e. The molecule has 150 valence electrons. The Hall–Kier alpha value is -3.92. The summed E-state index contributed by atoms with van der Waals surface area (Å²) in [6.45, 7) is 0. The fraction of sp³-hybridized carbons (Fsp3) is 0.0769. The van der Waals surface area contributed by atoms with Gasteiger partial charge in [-0.3, -0.25) is 0 Å². The maximum atomic E-state index is 5.31. The molecule has 1 N–H and O–H groups in total. The first kappa shape index (κ1) is 19.4. The van der Waals surface area contributed by atoms with Crippen LogP contribution in [0.1, 0.15) is 0 Å². The first-order valence-electron chi connectivity index (χ1n) is 9.77. The van der Waals surface area contributed by atoms with Crippen LogP contribution in [0.25, 0.3) is 0 Å². The van der Waals surface area contributed by atoms with Crippen LogP contribution >= 0.6 is 0 Å². The van der Waals surface area contributed by atoms with Gasteiger partial charge >= 0.3 is 0 Å². The quantitative estimate of drug-likeness (QED) is 0.368. The van der Waals surface area contributed by atoms with E-state index in [0.29, 0.717) is 0 Å². The lowest BCUT2D eigenvalue weighted by Crippen LogP contribution is -2.09. The number of benzene rings is 4. The van der Waals surface area contributed by atoms with Gasteiger partial charge in [0.05, 0.1) is 14.2 Å². The molecule has 0 atom stereocenters. The van der Waals surface area contributed by atoms with Crippen molar-refractivity contribution in [1.82, 2.24) is 0 Å². The molecule has 4 nitrogen and oxygen atoms in total. The summed E-state index contributed by atoms with van der Waals surface area (Å²) in [5.41, 5.74) is 5.27. The molecule has 4 heteroatoms. The molecule has 0 radical (unpaired) electrons. The van der Waals surface area contributed by atoms with Crippen LogP contribution in [0.3, 0.4) is 0 Å². The van der Waals surface area contributed by atoms with Crippen molar-refractivity contribution in [3.63, 3.8) is 0 Å². The molecule has 0 aliphatic heterocycles. The van der Waals surface area contributed by atoms with E-state index in [9.17, 15) is 0 Å². The Morgan fingerprint density at radius 1 is 0.500 bits per heavy atom. The summed E-state index contributed by atoms with van der Waals surface area (Å²) >= 11 is 0. The summed E-state index contributed by atoms with van der Waals surface area (Å²) < 4.78 is 10.5. The van der Waals surface area contributed by atoms with Crippen molar-refractivity contribution in [3.8, 4) is 11.5 Å². The molecule has 0 saturated heterocycles. The van der Waals surface area contributed by atoms with Gasteiger partial charge in [-0.25, -0.2) is 0 Å². The predicted octanol–water partition coefficient (Wildman–Crippen LogP) is 6.92. The average Bonchev–Trinajstić information content (AvgIpc) is 2.82. The standard InChI is InChI=1S/C26H24N2O2/c1-29-25-16-10-21(11-17-25)27-20-8-12-23(13-9-20)28(22-6-4-3-5-7-22)24-14-18-26(30-2)19-15-24/h3-19,27H,1-2H3. The van der Waals surface area contributed by atoms with E-state index in [1.807, 2.05) is 54.6 Å². The Morgan fingerprint density at radius 3 is 1.40 bits per heavy atom. The molecule has 4 aromatic carbocycles. The molecule has 0 unspecified atom stereocenters. The van der Waals surface area contributed by atoms with Crippen molar-refractivity contribution >= 4 is 28.4 Å². The van der Waals surface area contributed by atoms with Crippen molar-refractivity contribution in [2.75, 3.05) is 24.4 Å². The Kier molecular flexibility index (Phi) is 5.85. The zero-order valence-electron chi connectivity index (χ0n) is 17.1. The Labute approximate surface area is 177 Å². The highest BCUT2D eigenvalue weighted by atomic mass is 16.5. The van der Waals surface area contributed by atoms with Gasteiger partial charge < -0.3 is 19.7 Å². The Balaban J connectivity index is 1.61. The third-order valence-electron chi connectivity index (χ3n) is 4.85. The molecule has 0 aliphatic rings. The van der Waals surface area contributed by atoms with Crippen molar-refractivity contribution < 1.29 is 9.47 Å². The second-order valence-electron chi connectivity index (χ2n) is 6.77. The van der Waals surface area contributed by atoms with E-state index >= 15 is 0 Å². The summed E-state index contributed by atoms with van der Waals surface area (Å²) in [6, 6.07) is 34.7. The van der Waals surface area contributed by atoms with E-state index < -0.39 is 0 Å². The topological polar surface area (TPSA) is 33.7 Å². The van der Waals surface area contributed by atoms with Crippen LogP contribution < -0.4 is 19.7 Å². The fourth-order valence-electron chi connectivity index (χ4n) is 3.29. The van der Waals surface area contributed by atoms with Gasteiger partial charge in [0.15, 0.2) is 0 Å². The van der Waals surface area contributed by atoms with E-state index in [1.54, 1.807) is 14.2 Å². The van der Waals surface area contributed by atoms with Gasteiger partial charge in [-0.2, -0.15) is 0 Å². The fourth-order valence-corrected chi connectivity index (χ4v) is 3.29. The minimum absolute atomic E-state index is 0.839. The molecule has 0 aromatic heterocycles. The van der Waals surface area contributed by atoms with E-state index in [0.717, 1.165) is 39.9 Å². The largest absolute Gasteiger partial charge is 0.497 e. The van der Waals surface area contributed by atoms with Gasteiger partial charge in [-0.15, -0.1) is 0 Å². The number of hydrogen-bond donors (Lipinski definition) is 1. The normalized spacial score (nSPS) is 10.3. The lowest BCUT2D eigenvalue weighted by molar-refractivity contribution is 0.415.